The Hall–Kier alpha value is -0.980. The molecule has 0 amide bonds. The van der Waals surface area contributed by atoms with E-state index in [0.29, 0.717) is 23.0 Å². The van der Waals surface area contributed by atoms with Crippen LogP contribution in [0.5, 0.6) is 5.75 Å². The molecular weight excluding hydrogens is 288 g/mol. The van der Waals surface area contributed by atoms with Crippen LogP contribution in [0.15, 0.2) is 18.2 Å². The van der Waals surface area contributed by atoms with Crippen LogP contribution in [0.25, 0.3) is 0 Å². The Kier molecular flexibility index (Phi) is 5.90. The highest BCUT2D eigenvalue weighted by atomic mass is 35.5. The maximum atomic E-state index is 12.1. The summed E-state index contributed by atoms with van der Waals surface area (Å²) < 4.78 is 31.7. The maximum Gasteiger partial charge on any atom is 0.236 e. The molecule has 0 saturated carbocycles. The smallest absolute Gasteiger partial charge is 0.236 e. The number of hydrogen-bond donors (Lipinski definition) is 2. The summed E-state index contributed by atoms with van der Waals surface area (Å²) in [7, 11) is -1.96. The summed E-state index contributed by atoms with van der Waals surface area (Å²) in [4.78, 5) is 0. The van der Waals surface area contributed by atoms with E-state index in [1.807, 2.05) is 6.92 Å². The quantitative estimate of drug-likeness (QED) is 0.809. The Balaban J connectivity index is 2.83. The van der Waals surface area contributed by atoms with Gasteiger partial charge in [-0.05, 0) is 25.6 Å². The first-order valence-corrected chi connectivity index (χ1v) is 7.89. The second-order valence-electron chi connectivity index (χ2n) is 4.11. The number of methoxy groups -OCH3 is 1. The Morgan fingerprint density at radius 3 is 2.68 bits per heavy atom. The minimum atomic E-state index is -3.43. The summed E-state index contributed by atoms with van der Waals surface area (Å²) in [5, 5.41) is 2.91. The Bertz CT molecular complexity index is 520. The summed E-state index contributed by atoms with van der Waals surface area (Å²) in [6.07, 6.45) is 0. The van der Waals surface area contributed by atoms with Crippen LogP contribution in [0.4, 0.5) is 5.69 Å². The highest BCUT2D eigenvalue weighted by molar-refractivity contribution is 7.93. The molecule has 1 aromatic carbocycles. The Labute approximate surface area is 119 Å². The third-order valence-electron chi connectivity index (χ3n) is 2.62. The van der Waals surface area contributed by atoms with E-state index in [-0.39, 0.29) is 0 Å². The monoisotopic (exact) mass is 306 g/mol. The van der Waals surface area contributed by atoms with Crippen molar-refractivity contribution in [2.75, 3.05) is 24.9 Å². The lowest BCUT2D eigenvalue weighted by molar-refractivity contribution is 0.415. The number of halogens is 1. The van der Waals surface area contributed by atoms with Crippen molar-refractivity contribution < 1.29 is 13.2 Å². The molecule has 0 heterocycles. The van der Waals surface area contributed by atoms with E-state index in [1.54, 1.807) is 25.1 Å². The zero-order valence-corrected chi connectivity index (χ0v) is 12.8. The molecule has 0 aliphatic rings. The minimum Gasteiger partial charge on any atom is -0.495 e. The SMILES string of the molecule is CCNCC(C)S(=O)(=O)Nc1ccc(Cl)c(OC)c1. The predicted octanol–water partition coefficient (Wildman–Crippen LogP) is 2.09. The summed E-state index contributed by atoms with van der Waals surface area (Å²) in [6.45, 7) is 4.71. The van der Waals surface area contributed by atoms with Crippen molar-refractivity contribution in [2.45, 2.75) is 19.1 Å². The Morgan fingerprint density at radius 2 is 2.11 bits per heavy atom. The number of ether oxygens (including phenoxy) is 1. The number of sulfonamides is 1. The molecule has 0 bridgehead atoms. The first kappa shape index (κ1) is 16.1. The number of rotatable bonds is 7. The van der Waals surface area contributed by atoms with Gasteiger partial charge in [-0.25, -0.2) is 8.42 Å². The summed E-state index contributed by atoms with van der Waals surface area (Å²) in [5.74, 6) is 0.432. The van der Waals surface area contributed by atoms with Crippen molar-refractivity contribution in [3.63, 3.8) is 0 Å². The highest BCUT2D eigenvalue weighted by Gasteiger charge is 2.20. The van der Waals surface area contributed by atoms with E-state index < -0.39 is 15.3 Å². The molecule has 0 spiro atoms. The number of nitrogens with one attached hydrogen (secondary N) is 2. The van der Waals surface area contributed by atoms with Gasteiger partial charge in [0, 0.05) is 12.6 Å². The molecule has 0 saturated heterocycles. The lowest BCUT2D eigenvalue weighted by atomic mass is 10.3. The molecule has 19 heavy (non-hydrogen) atoms. The molecular formula is C12H19ClN2O3S. The van der Waals surface area contributed by atoms with Crippen LogP contribution >= 0.6 is 11.6 Å². The van der Waals surface area contributed by atoms with Crippen molar-refractivity contribution >= 4 is 27.3 Å². The Morgan fingerprint density at radius 1 is 1.42 bits per heavy atom. The average Bonchev–Trinajstić information content (AvgIpc) is 2.37. The normalized spacial score (nSPS) is 13.1. The third-order valence-corrected chi connectivity index (χ3v) is 4.68. The number of benzene rings is 1. The molecule has 1 rings (SSSR count). The van der Waals surface area contributed by atoms with Gasteiger partial charge in [0.1, 0.15) is 5.75 Å². The van der Waals surface area contributed by atoms with Crippen molar-refractivity contribution in [1.29, 1.82) is 0 Å². The van der Waals surface area contributed by atoms with Crippen molar-refractivity contribution in [2.24, 2.45) is 0 Å². The number of hydrogen-bond acceptors (Lipinski definition) is 4. The van der Waals surface area contributed by atoms with Crippen LogP contribution in [0.1, 0.15) is 13.8 Å². The van der Waals surface area contributed by atoms with Gasteiger partial charge in [-0.15, -0.1) is 0 Å². The van der Waals surface area contributed by atoms with Crippen molar-refractivity contribution in [3.8, 4) is 5.75 Å². The topological polar surface area (TPSA) is 67.4 Å². The lowest BCUT2D eigenvalue weighted by Gasteiger charge is -2.15. The molecule has 1 unspecified atom stereocenters. The molecule has 0 aliphatic carbocycles. The van der Waals surface area contributed by atoms with Crippen LogP contribution in [-0.4, -0.2) is 33.9 Å². The molecule has 0 radical (unpaired) electrons. The van der Waals surface area contributed by atoms with Gasteiger partial charge in [0.05, 0.1) is 23.1 Å². The fraction of sp³-hybridized carbons (Fsp3) is 0.500. The predicted molar refractivity (Wildman–Crippen MR) is 78.6 cm³/mol. The van der Waals surface area contributed by atoms with Crippen LogP contribution in [0, 0.1) is 0 Å². The lowest BCUT2D eigenvalue weighted by Crippen LogP contribution is -2.34. The molecule has 7 heteroatoms. The largest absolute Gasteiger partial charge is 0.495 e. The zero-order valence-electron chi connectivity index (χ0n) is 11.2. The van der Waals surface area contributed by atoms with Crippen molar-refractivity contribution in [1.82, 2.24) is 5.32 Å². The van der Waals surface area contributed by atoms with Gasteiger partial charge in [0.25, 0.3) is 0 Å². The second-order valence-corrected chi connectivity index (χ2v) is 6.62. The van der Waals surface area contributed by atoms with Gasteiger partial charge >= 0.3 is 0 Å². The first-order chi connectivity index (χ1) is 8.90. The zero-order chi connectivity index (χ0) is 14.5. The van der Waals surface area contributed by atoms with E-state index in [9.17, 15) is 8.42 Å². The first-order valence-electron chi connectivity index (χ1n) is 5.96. The van der Waals surface area contributed by atoms with E-state index in [2.05, 4.69) is 10.0 Å². The van der Waals surface area contributed by atoms with Crippen LogP contribution in [0.2, 0.25) is 5.02 Å². The van der Waals surface area contributed by atoms with E-state index in [0.717, 1.165) is 6.54 Å². The molecule has 0 fully saturated rings. The molecule has 1 aromatic rings. The molecule has 5 nitrogen and oxygen atoms in total. The molecule has 2 N–H and O–H groups in total. The van der Waals surface area contributed by atoms with Gasteiger partial charge in [-0.3, -0.25) is 4.72 Å². The average molecular weight is 307 g/mol. The van der Waals surface area contributed by atoms with Gasteiger partial charge in [-0.2, -0.15) is 0 Å². The molecule has 0 aliphatic heterocycles. The standard InChI is InChI=1S/C12H19ClN2O3S/c1-4-14-8-9(2)19(16,17)15-10-5-6-11(13)12(7-10)18-3/h5-7,9,14-15H,4,8H2,1-3H3. The van der Waals surface area contributed by atoms with Crippen molar-refractivity contribution in [3.05, 3.63) is 23.2 Å². The fourth-order valence-electron chi connectivity index (χ4n) is 1.45. The number of anilines is 1. The second kappa shape index (κ2) is 6.98. The van der Waals surface area contributed by atoms with Gasteiger partial charge in [-0.1, -0.05) is 18.5 Å². The molecule has 1 atom stereocenters. The van der Waals surface area contributed by atoms with Crippen LogP contribution in [0.3, 0.4) is 0 Å². The van der Waals surface area contributed by atoms with Gasteiger partial charge in [0.2, 0.25) is 10.0 Å². The summed E-state index contributed by atoms with van der Waals surface area (Å²) >= 11 is 5.89. The van der Waals surface area contributed by atoms with Gasteiger partial charge < -0.3 is 10.1 Å². The summed E-state index contributed by atoms with van der Waals surface area (Å²) in [6, 6.07) is 4.75. The van der Waals surface area contributed by atoms with Gasteiger partial charge in [0.15, 0.2) is 0 Å². The highest BCUT2D eigenvalue weighted by Crippen LogP contribution is 2.28. The summed E-state index contributed by atoms with van der Waals surface area (Å²) in [5.41, 5.74) is 0.435. The van der Waals surface area contributed by atoms with E-state index in [1.165, 1.54) is 7.11 Å². The fourth-order valence-corrected chi connectivity index (χ4v) is 2.63. The molecule has 0 aromatic heterocycles. The van der Waals surface area contributed by atoms with E-state index in [4.69, 9.17) is 16.3 Å². The van der Waals surface area contributed by atoms with E-state index >= 15 is 0 Å². The third kappa shape index (κ3) is 4.56. The maximum absolute atomic E-state index is 12.1. The molecule has 108 valence electrons. The van der Waals surface area contributed by atoms with Crippen LogP contribution in [-0.2, 0) is 10.0 Å². The van der Waals surface area contributed by atoms with Crippen LogP contribution < -0.4 is 14.8 Å². The minimum absolute atomic E-state index is 0.399.